The Morgan fingerprint density at radius 3 is 1.86 bits per heavy atom. The van der Waals surface area contributed by atoms with Crippen molar-refractivity contribution in [3.05, 3.63) is 101 Å². The lowest BCUT2D eigenvalue weighted by Gasteiger charge is -2.06. The molecule has 0 radical (unpaired) electrons. The number of nitrogens with zero attached hydrogens (tertiary/aromatic N) is 3. The lowest BCUT2D eigenvalue weighted by Crippen LogP contribution is -2.00. The number of benzene rings is 3. The van der Waals surface area contributed by atoms with E-state index in [-0.39, 0.29) is 0 Å². The van der Waals surface area contributed by atoms with Gasteiger partial charge >= 0.3 is 0 Å². The highest BCUT2D eigenvalue weighted by molar-refractivity contribution is 5.67. The largest absolute Gasteiger partial charge is 0.215 e. The molecule has 0 atom stereocenters. The van der Waals surface area contributed by atoms with Gasteiger partial charge in [0.2, 0.25) is 0 Å². The molecule has 0 spiro atoms. The van der Waals surface area contributed by atoms with E-state index < -0.39 is 0 Å². The Labute approximate surface area is 165 Å². The lowest BCUT2D eigenvalue weighted by atomic mass is 10.1. The minimum atomic E-state index is 0.577. The van der Waals surface area contributed by atoms with Crippen LogP contribution < -0.4 is 0 Å². The van der Waals surface area contributed by atoms with Crippen LogP contribution >= 0.6 is 0 Å². The third-order valence-electron chi connectivity index (χ3n) is 4.42. The van der Waals surface area contributed by atoms with E-state index in [2.05, 4.69) is 48.0 Å². The van der Waals surface area contributed by atoms with Crippen LogP contribution in [0.2, 0.25) is 0 Å². The maximum Gasteiger partial charge on any atom is 0.182 e. The van der Waals surface area contributed by atoms with Gasteiger partial charge in [-0.2, -0.15) is 0 Å². The molecule has 3 heteroatoms. The van der Waals surface area contributed by atoms with E-state index in [0.29, 0.717) is 17.2 Å². The molecule has 1 aromatic heterocycles. The Balaban J connectivity index is 1.82. The van der Waals surface area contributed by atoms with E-state index in [1.807, 2.05) is 66.7 Å². The molecular weight excluding hydrogens is 342 g/mol. The molecule has 0 bridgehead atoms. The van der Waals surface area contributed by atoms with Crippen molar-refractivity contribution in [1.82, 2.24) is 15.2 Å². The van der Waals surface area contributed by atoms with Gasteiger partial charge < -0.3 is 0 Å². The van der Waals surface area contributed by atoms with Crippen molar-refractivity contribution >= 4 is 0 Å². The highest BCUT2D eigenvalue weighted by Crippen LogP contribution is 2.22. The molecule has 0 N–H and O–H groups in total. The Morgan fingerprint density at radius 2 is 1.21 bits per heavy atom. The predicted molar refractivity (Wildman–Crippen MR) is 113 cm³/mol. The van der Waals surface area contributed by atoms with Crippen molar-refractivity contribution in [2.75, 3.05) is 0 Å². The van der Waals surface area contributed by atoms with Crippen molar-refractivity contribution in [1.29, 1.82) is 0 Å². The minimum absolute atomic E-state index is 0.577. The predicted octanol–water partition coefficient (Wildman–Crippen LogP) is 5.22. The summed E-state index contributed by atoms with van der Waals surface area (Å²) in [4.78, 5) is 4.74. The van der Waals surface area contributed by atoms with E-state index in [4.69, 9.17) is 4.98 Å². The highest BCUT2D eigenvalue weighted by atomic mass is 15.2. The quantitative estimate of drug-likeness (QED) is 0.459. The summed E-state index contributed by atoms with van der Waals surface area (Å²) in [6.45, 7) is 4.12. The Morgan fingerprint density at radius 1 is 0.607 bits per heavy atom. The van der Waals surface area contributed by atoms with Gasteiger partial charge in [0.25, 0.3) is 0 Å². The van der Waals surface area contributed by atoms with Crippen LogP contribution in [0, 0.1) is 25.7 Å². The first kappa shape index (κ1) is 17.6. The zero-order valence-electron chi connectivity index (χ0n) is 15.8. The van der Waals surface area contributed by atoms with Crippen molar-refractivity contribution < 1.29 is 0 Å². The van der Waals surface area contributed by atoms with Crippen LogP contribution in [0.25, 0.3) is 22.6 Å². The van der Waals surface area contributed by atoms with Gasteiger partial charge in [-0.15, -0.1) is 10.2 Å². The maximum absolute atomic E-state index is 4.74. The second kappa shape index (κ2) is 7.85. The van der Waals surface area contributed by atoms with Gasteiger partial charge in [-0.25, -0.2) is 4.98 Å². The molecule has 0 aliphatic rings. The third kappa shape index (κ3) is 3.97. The molecule has 0 saturated heterocycles. The van der Waals surface area contributed by atoms with Crippen LogP contribution in [0.3, 0.4) is 0 Å². The number of aryl methyl sites for hydroxylation is 2. The number of hydrogen-bond donors (Lipinski definition) is 0. The Kier molecular flexibility index (Phi) is 4.95. The van der Waals surface area contributed by atoms with E-state index in [9.17, 15) is 0 Å². The lowest BCUT2D eigenvalue weighted by molar-refractivity contribution is 0.977. The fourth-order valence-electron chi connectivity index (χ4n) is 2.80. The van der Waals surface area contributed by atoms with Crippen LogP contribution in [-0.2, 0) is 0 Å². The molecular formula is C25H19N3. The molecule has 0 aliphatic heterocycles. The van der Waals surface area contributed by atoms with E-state index >= 15 is 0 Å². The van der Waals surface area contributed by atoms with Crippen LogP contribution in [0.1, 0.15) is 22.4 Å². The standard InChI is InChI=1S/C25H19N3/c1-18-8-13-21(14-9-18)24-23(17-12-20-6-4-3-5-7-20)26-25(28-27-24)22-15-10-19(2)11-16-22/h3-11,13-16H,1-2H3. The fraction of sp³-hybridized carbons (Fsp3) is 0.0800. The summed E-state index contributed by atoms with van der Waals surface area (Å²) in [5, 5.41) is 8.84. The second-order valence-electron chi connectivity index (χ2n) is 6.68. The average Bonchev–Trinajstić information content (AvgIpc) is 2.74. The van der Waals surface area contributed by atoms with Gasteiger partial charge in [0.05, 0.1) is 0 Å². The van der Waals surface area contributed by atoms with E-state index in [1.54, 1.807) is 0 Å². The smallest absolute Gasteiger partial charge is 0.182 e. The van der Waals surface area contributed by atoms with Gasteiger partial charge in [0, 0.05) is 16.7 Å². The molecule has 0 unspecified atom stereocenters. The maximum atomic E-state index is 4.74. The molecule has 4 aromatic rings. The fourth-order valence-corrected chi connectivity index (χ4v) is 2.80. The number of aromatic nitrogens is 3. The molecule has 4 rings (SSSR count). The molecule has 0 saturated carbocycles. The summed E-state index contributed by atoms with van der Waals surface area (Å²) < 4.78 is 0. The van der Waals surface area contributed by atoms with Gasteiger partial charge in [-0.05, 0) is 31.9 Å². The van der Waals surface area contributed by atoms with Crippen molar-refractivity contribution in [3.63, 3.8) is 0 Å². The van der Waals surface area contributed by atoms with E-state index in [1.165, 1.54) is 11.1 Å². The van der Waals surface area contributed by atoms with Crippen molar-refractivity contribution in [2.45, 2.75) is 13.8 Å². The molecule has 0 fully saturated rings. The first-order chi connectivity index (χ1) is 13.7. The van der Waals surface area contributed by atoms with Gasteiger partial charge in [0.15, 0.2) is 5.82 Å². The molecule has 134 valence electrons. The van der Waals surface area contributed by atoms with Crippen LogP contribution in [0.15, 0.2) is 78.9 Å². The van der Waals surface area contributed by atoms with Crippen LogP contribution in [-0.4, -0.2) is 15.2 Å². The van der Waals surface area contributed by atoms with Gasteiger partial charge in [0.1, 0.15) is 11.4 Å². The van der Waals surface area contributed by atoms with Crippen LogP contribution in [0.5, 0.6) is 0 Å². The Bertz CT molecular complexity index is 1150. The van der Waals surface area contributed by atoms with E-state index in [0.717, 1.165) is 16.7 Å². The van der Waals surface area contributed by atoms with Gasteiger partial charge in [-0.3, -0.25) is 0 Å². The first-order valence-corrected chi connectivity index (χ1v) is 9.15. The Hall–Kier alpha value is -3.77. The first-order valence-electron chi connectivity index (χ1n) is 9.15. The molecule has 0 aliphatic carbocycles. The normalized spacial score (nSPS) is 10.2. The van der Waals surface area contributed by atoms with Crippen molar-refractivity contribution in [3.8, 4) is 34.5 Å². The molecule has 3 nitrogen and oxygen atoms in total. The van der Waals surface area contributed by atoms with Crippen molar-refractivity contribution in [2.24, 2.45) is 0 Å². The van der Waals surface area contributed by atoms with Gasteiger partial charge in [-0.1, -0.05) is 83.8 Å². The molecule has 0 amide bonds. The monoisotopic (exact) mass is 361 g/mol. The summed E-state index contributed by atoms with van der Waals surface area (Å²) in [7, 11) is 0. The highest BCUT2D eigenvalue weighted by Gasteiger charge is 2.11. The second-order valence-corrected chi connectivity index (χ2v) is 6.68. The molecule has 3 aromatic carbocycles. The topological polar surface area (TPSA) is 38.7 Å². The zero-order valence-corrected chi connectivity index (χ0v) is 15.8. The third-order valence-corrected chi connectivity index (χ3v) is 4.42. The SMILES string of the molecule is Cc1ccc(-c2nnc(-c3ccc(C)cc3)c(C#Cc3ccccc3)n2)cc1. The van der Waals surface area contributed by atoms with Crippen LogP contribution in [0.4, 0.5) is 0 Å². The summed E-state index contributed by atoms with van der Waals surface area (Å²) in [5.41, 5.74) is 6.52. The number of rotatable bonds is 2. The average molecular weight is 361 g/mol. The summed E-state index contributed by atoms with van der Waals surface area (Å²) in [5.74, 6) is 6.97. The zero-order chi connectivity index (χ0) is 19.3. The number of hydrogen-bond acceptors (Lipinski definition) is 3. The summed E-state index contributed by atoms with van der Waals surface area (Å²) in [6.07, 6.45) is 0. The minimum Gasteiger partial charge on any atom is -0.215 e. The summed E-state index contributed by atoms with van der Waals surface area (Å²) in [6, 6.07) is 26.1. The summed E-state index contributed by atoms with van der Waals surface area (Å²) >= 11 is 0. The molecule has 28 heavy (non-hydrogen) atoms. The molecule has 1 heterocycles.